The topological polar surface area (TPSA) is 57.6 Å². The third-order valence-electron chi connectivity index (χ3n) is 4.07. The Balaban J connectivity index is 2.80. The van der Waals surface area contributed by atoms with Gasteiger partial charge in [-0.25, -0.2) is 4.39 Å². The molecule has 1 rings (SSSR count). The van der Waals surface area contributed by atoms with Crippen molar-refractivity contribution in [2.45, 2.75) is 33.7 Å². The van der Waals surface area contributed by atoms with E-state index in [2.05, 4.69) is 0 Å². The van der Waals surface area contributed by atoms with Crippen LogP contribution in [0.2, 0.25) is 0 Å². The molecule has 0 aliphatic carbocycles. The summed E-state index contributed by atoms with van der Waals surface area (Å²) in [4.78, 5) is 25.0. The van der Waals surface area contributed by atoms with Gasteiger partial charge >= 0.3 is 5.97 Å². The van der Waals surface area contributed by atoms with Crippen LogP contribution in [0.15, 0.2) is 24.3 Å². The maximum absolute atomic E-state index is 13.6. The largest absolute Gasteiger partial charge is 0.481 e. The van der Waals surface area contributed by atoms with Gasteiger partial charge in [-0.3, -0.25) is 9.59 Å². The van der Waals surface area contributed by atoms with Crippen LogP contribution < -0.4 is 0 Å². The molecule has 0 saturated heterocycles. The minimum atomic E-state index is -1.12. The van der Waals surface area contributed by atoms with Crippen molar-refractivity contribution in [3.63, 3.8) is 0 Å². The number of carboxylic acids is 1. The Morgan fingerprint density at radius 1 is 1.33 bits per heavy atom. The molecule has 0 bridgehead atoms. The molecule has 1 atom stereocenters. The highest BCUT2D eigenvalue weighted by molar-refractivity contribution is 5.84. The molecule has 0 saturated carbocycles. The summed E-state index contributed by atoms with van der Waals surface area (Å²) < 4.78 is 13.6. The Morgan fingerprint density at radius 3 is 2.38 bits per heavy atom. The van der Waals surface area contributed by atoms with Crippen LogP contribution in [0, 0.1) is 17.2 Å². The van der Waals surface area contributed by atoms with Crippen molar-refractivity contribution in [3.8, 4) is 0 Å². The maximum atomic E-state index is 13.6. The van der Waals surface area contributed by atoms with Crippen LogP contribution in [-0.4, -0.2) is 28.9 Å². The second kappa shape index (κ2) is 6.70. The van der Waals surface area contributed by atoms with Gasteiger partial charge in [-0.15, -0.1) is 0 Å². The monoisotopic (exact) mass is 295 g/mol. The number of halogens is 1. The van der Waals surface area contributed by atoms with Gasteiger partial charge < -0.3 is 10.0 Å². The Labute approximate surface area is 124 Å². The second-order valence-corrected chi connectivity index (χ2v) is 5.90. The fourth-order valence-electron chi connectivity index (χ4n) is 1.95. The SMILES string of the molecule is CC(C)C(C)(CC(=O)N(C)Cc1ccccc1F)C(=O)O. The van der Waals surface area contributed by atoms with E-state index < -0.39 is 11.4 Å². The van der Waals surface area contributed by atoms with E-state index in [9.17, 15) is 19.1 Å². The van der Waals surface area contributed by atoms with Gasteiger partial charge in [-0.2, -0.15) is 0 Å². The van der Waals surface area contributed by atoms with Crippen LogP contribution in [0.1, 0.15) is 32.8 Å². The van der Waals surface area contributed by atoms with Gasteiger partial charge in [0, 0.05) is 25.6 Å². The van der Waals surface area contributed by atoms with Crippen molar-refractivity contribution in [1.29, 1.82) is 0 Å². The van der Waals surface area contributed by atoms with Crippen LogP contribution in [0.25, 0.3) is 0 Å². The number of hydrogen-bond donors (Lipinski definition) is 1. The zero-order chi connectivity index (χ0) is 16.2. The molecule has 0 aliphatic rings. The Bertz CT molecular complexity index is 530. The van der Waals surface area contributed by atoms with E-state index in [0.717, 1.165) is 0 Å². The smallest absolute Gasteiger partial charge is 0.310 e. The predicted molar refractivity (Wildman–Crippen MR) is 78.1 cm³/mol. The van der Waals surface area contributed by atoms with Gasteiger partial charge in [-0.05, 0) is 18.9 Å². The average molecular weight is 295 g/mol. The first-order chi connectivity index (χ1) is 9.68. The van der Waals surface area contributed by atoms with Gasteiger partial charge in [0.1, 0.15) is 5.82 Å². The molecule has 0 fully saturated rings. The number of rotatable bonds is 6. The lowest BCUT2D eigenvalue weighted by Gasteiger charge is -2.30. The summed E-state index contributed by atoms with van der Waals surface area (Å²) in [5.41, 5.74) is -0.712. The lowest BCUT2D eigenvalue weighted by atomic mass is 9.76. The molecule has 0 radical (unpaired) electrons. The predicted octanol–water partition coefficient (Wildman–Crippen LogP) is 2.92. The molecule has 116 valence electrons. The number of carbonyl (C=O) groups excluding carboxylic acids is 1. The van der Waals surface area contributed by atoms with E-state index in [1.807, 2.05) is 0 Å². The molecular weight excluding hydrogens is 273 g/mol. The van der Waals surface area contributed by atoms with E-state index in [1.54, 1.807) is 46.0 Å². The van der Waals surface area contributed by atoms with Crippen LogP contribution in [-0.2, 0) is 16.1 Å². The Morgan fingerprint density at radius 2 is 1.90 bits per heavy atom. The van der Waals surface area contributed by atoms with E-state index in [1.165, 1.54) is 11.0 Å². The van der Waals surface area contributed by atoms with Crippen molar-refractivity contribution >= 4 is 11.9 Å². The summed E-state index contributed by atoms with van der Waals surface area (Å²) in [6.45, 7) is 5.24. The van der Waals surface area contributed by atoms with Gasteiger partial charge in [0.05, 0.1) is 5.41 Å². The van der Waals surface area contributed by atoms with Gasteiger partial charge in [0.15, 0.2) is 0 Å². The summed E-state index contributed by atoms with van der Waals surface area (Å²) in [5, 5.41) is 9.34. The van der Waals surface area contributed by atoms with Crippen molar-refractivity contribution in [3.05, 3.63) is 35.6 Å². The van der Waals surface area contributed by atoms with Crippen molar-refractivity contribution in [1.82, 2.24) is 4.90 Å². The molecule has 1 N–H and O–H groups in total. The third kappa shape index (κ3) is 4.03. The standard InChI is InChI=1S/C16H22FNO3/c1-11(2)16(3,15(20)21)9-14(19)18(4)10-12-7-5-6-8-13(12)17/h5-8,11H,9-10H2,1-4H3,(H,20,21). The summed E-state index contributed by atoms with van der Waals surface area (Å²) >= 11 is 0. The minimum Gasteiger partial charge on any atom is -0.481 e. The van der Waals surface area contributed by atoms with E-state index in [0.29, 0.717) is 5.56 Å². The van der Waals surface area contributed by atoms with Crippen LogP contribution in [0.5, 0.6) is 0 Å². The molecular formula is C16H22FNO3. The molecule has 21 heavy (non-hydrogen) atoms. The first-order valence-electron chi connectivity index (χ1n) is 6.89. The fraction of sp³-hybridized carbons (Fsp3) is 0.500. The Kier molecular flexibility index (Phi) is 5.47. The first kappa shape index (κ1) is 17.1. The van der Waals surface area contributed by atoms with Gasteiger partial charge in [-0.1, -0.05) is 32.0 Å². The molecule has 1 unspecified atom stereocenters. The molecule has 1 aromatic carbocycles. The molecule has 1 amide bonds. The van der Waals surface area contributed by atoms with E-state index >= 15 is 0 Å². The van der Waals surface area contributed by atoms with Crippen LogP contribution in [0.4, 0.5) is 4.39 Å². The molecule has 0 spiro atoms. The number of nitrogens with zero attached hydrogens (tertiary/aromatic N) is 1. The molecule has 5 heteroatoms. The minimum absolute atomic E-state index is 0.106. The number of hydrogen-bond acceptors (Lipinski definition) is 2. The normalized spacial score (nSPS) is 13.8. The summed E-state index contributed by atoms with van der Waals surface area (Å²) in [6.07, 6.45) is -0.106. The highest BCUT2D eigenvalue weighted by Crippen LogP contribution is 2.32. The molecule has 4 nitrogen and oxygen atoms in total. The summed E-state index contributed by atoms with van der Waals surface area (Å²) in [5.74, 6) is -1.86. The quantitative estimate of drug-likeness (QED) is 0.878. The average Bonchev–Trinajstić information content (AvgIpc) is 2.40. The molecule has 0 aromatic heterocycles. The van der Waals surface area contributed by atoms with Crippen LogP contribution in [0.3, 0.4) is 0 Å². The summed E-state index contributed by atoms with van der Waals surface area (Å²) in [7, 11) is 1.55. The number of carbonyl (C=O) groups is 2. The molecule has 0 heterocycles. The van der Waals surface area contributed by atoms with Crippen molar-refractivity contribution in [2.24, 2.45) is 11.3 Å². The summed E-state index contributed by atoms with van der Waals surface area (Å²) in [6, 6.07) is 6.23. The number of benzene rings is 1. The van der Waals surface area contributed by atoms with Crippen molar-refractivity contribution in [2.75, 3.05) is 7.05 Å². The first-order valence-corrected chi connectivity index (χ1v) is 6.89. The second-order valence-electron chi connectivity index (χ2n) is 5.90. The van der Waals surface area contributed by atoms with Gasteiger partial charge in [0.2, 0.25) is 5.91 Å². The zero-order valence-corrected chi connectivity index (χ0v) is 12.9. The van der Waals surface area contributed by atoms with Gasteiger partial charge in [0.25, 0.3) is 0 Å². The lowest BCUT2D eigenvalue weighted by Crippen LogP contribution is -2.39. The fourth-order valence-corrected chi connectivity index (χ4v) is 1.95. The lowest BCUT2D eigenvalue weighted by molar-refractivity contribution is -0.155. The maximum Gasteiger partial charge on any atom is 0.310 e. The van der Waals surface area contributed by atoms with Crippen LogP contribution >= 0.6 is 0 Å². The molecule has 0 aliphatic heterocycles. The van der Waals surface area contributed by atoms with E-state index in [4.69, 9.17) is 0 Å². The Hall–Kier alpha value is -1.91. The molecule has 1 aromatic rings. The van der Waals surface area contributed by atoms with Crippen molar-refractivity contribution < 1.29 is 19.1 Å². The number of aliphatic carboxylic acids is 1. The highest BCUT2D eigenvalue weighted by atomic mass is 19.1. The highest BCUT2D eigenvalue weighted by Gasteiger charge is 2.39. The number of carboxylic acid groups (broad SMARTS) is 1. The van der Waals surface area contributed by atoms with E-state index in [-0.39, 0.29) is 30.6 Å². The third-order valence-corrected chi connectivity index (χ3v) is 4.07. The number of amides is 1. The zero-order valence-electron chi connectivity index (χ0n) is 12.9.